The fourth-order valence-corrected chi connectivity index (χ4v) is 4.02. The van der Waals surface area contributed by atoms with Gasteiger partial charge in [-0.2, -0.15) is 5.10 Å². The average molecular weight is 503 g/mol. The van der Waals surface area contributed by atoms with Gasteiger partial charge >= 0.3 is 0 Å². The number of carbonyl (C=O) groups excluding carboxylic acids is 1. The van der Waals surface area contributed by atoms with Crippen LogP contribution in [0.25, 0.3) is 33.4 Å². The van der Waals surface area contributed by atoms with Gasteiger partial charge in [0.05, 0.1) is 40.0 Å². The molecule has 0 spiro atoms. The molecule has 0 bridgehead atoms. The lowest BCUT2D eigenvalue weighted by Crippen LogP contribution is -2.23. The number of aromatic amines is 1. The van der Waals surface area contributed by atoms with Crippen LogP contribution >= 0.6 is 11.6 Å². The summed E-state index contributed by atoms with van der Waals surface area (Å²) >= 11 is 5.97. The van der Waals surface area contributed by atoms with Crippen molar-refractivity contribution >= 4 is 34.2 Å². The van der Waals surface area contributed by atoms with E-state index in [0.717, 1.165) is 22.8 Å². The van der Waals surface area contributed by atoms with Gasteiger partial charge in [0.1, 0.15) is 11.6 Å². The molecule has 0 atom stereocenters. The number of benzene rings is 2. The van der Waals surface area contributed by atoms with Crippen LogP contribution in [0.2, 0.25) is 5.02 Å². The molecule has 4 N–H and O–H groups in total. The van der Waals surface area contributed by atoms with E-state index in [9.17, 15) is 9.18 Å². The van der Waals surface area contributed by atoms with Crippen LogP contribution < -0.4 is 15.8 Å². The zero-order valence-electron chi connectivity index (χ0n) is 19.0. The second kappa shape index (κ2) is 9.63. The van der Waals surface area contributed by atoms with Crippen molar-refractivity contribution < 1.29 is 13.9 Å². The smallest absolute Gasteiger partial charge is 0.255 e. The molecule has 0 aliphatic rings. The third kappa shape index (κ3) is 4.44. The van der Waals surface area contributed by atoms with E-state index < -0.39 is 11.7 Å². The van der Waals surface area contributed by atoms with Gasteiger partial charge in [-0.05, 0) is 35.9 Å². The highest BCUT2D eigenvalue weighted by atomic mass is 35.5. The molecule has 0 saturated carbocycles. The van der Waals surface area contributed by atoms with Crippen LogP contribution in [-0.4, -0.2) is 33.2 Å². The Morgan fingerprint density at radius 2 is 1.92 bits per heavy atom. The molecule has 0 unspecified atom stereocenters. The number of aromatic nitrogens is 4. The predicted molar refractivity (Wildman–Crippen MR) is 136 cm³/mol. The van der Waals surface area contributed by atoms with Crippen LogP contribution in [0.4, 0.5) is 10.2 Å². The van der Waals surface area contributed by atoms with E-state index in [0.29, 0.717) is 38.9 Å². The summed E-state index contributed by atoms with van der Waals surface area (Å²) in [5.74, 6) is -0.324. The molecule has 8 nitrogen and oxygen atoms in total. The van der Waals surface area contributed by atoms with E-state index >= 15 is 0 Å². The number of nitrogens with one attached hydrogen (secondary N) is 2. The number of halogens is 2. The third-order valence-electron chi connectivity index (χ3n) is 5.71. The van der Waals surface area contributed by atoms with Crippen LogP contribution in [-0.2, 0) is 6.54 Å². The lowest BCUT2D eigenvalue weighted by Gasteiger charge is -2.11. The number of nitrogen functional groups attached to an aromatic ring is 1. The number of amides is 1. The number of fused-ring (bicyclic) bond motifs is 1. The van der Waals surface area contributed by atoms with E-state index in [1.165, 1.54) is 19.2 Å². The number of pyridine rings is 2. The lowest BCUT2D eigenvalue weighted by atomic mass is 10.0. The highest BCUT2D eigenvalue weighted by Gasteiger charge is 2.17. The van der Waals surface area contributed by atoms with Gasteiger partial charge in [-0.25, -0.2) is 4.39 Å². The molecule has 2 aromatic carbocycles. The van der Waals surface area contributed by atoms with Gasteiger partial charge in [-0.1, -0.05) is 35.9 Å². The van der Waals surface area contributed by atoms with E-state index in [1.807, 2.05) is 24.3 Å². The standard InChI is InChI=1S/C26H20ClFN6O2/c1-36-21-9-7-17(28)10-18(21)26(35)32-11-14-2-4-15(5-3-14)23-22-24(33-34-25(22)29)19(13-31-23)20-8-6-16(27)12-30-20/h2-10,12-13H,11H2,1H3,(H,32,35)(H3,29,33,34). The normalized spacial score (nSPS) is 11.0. The van der Waals surface area contributed by atoms with Gasteiger partial charge in [0, 0.05) is 30.1 Å². The number of carbonyl (C=O) groups is 1. The largest absolute Gasteiger partial charge is 0.496 e. The molecule has 0 aliphatic carbocycles. The first kappa shape index (κ1) is 23.3. The highest BCUT2D eigenvalue weighted by molar-refractivity contribution is 6.30. The lowest BCUT2D eigenvalue weighted by molar-refractivity contribution is 0.0947. The Balaban J connectivity index is 1.39. The Labute approximate surface area is 210 Å². The van der Waals surface area contributed by atoms with Crippen molar-refractivity contribution in [3.8, 4) is 28.3 Å². The summed E-state index contributed by atoms with van der Waals surface area (Å²) < 4.78 is 18.8. The summed E-state index contributed by atoms with van der Waals surface area (Å²) in [7, 11) is 1.43. The van der Waals surface area contributed by atoms with Crippen molar-refractivity contribution in [2.75, 3.05) is 12.8 Å². The van der Waals surface area contributed by atoms with Crippen molar-refractivity contribution in [1.82, 2.24) is 25.5 Å². The predicted octanol–water partition coefficient (Wildman–Crippen LogP) is 5.00. The van der Waals surface area contributed by atoms with Crippen molar-refractivity contribution in [2.24, 2.45) is 0 Å². The second-order valence-corrected chi connectivity index (χ2v) is 8.40. The number of rotatable bonds is 6. The summed E-state index contributed by atoms with van der Waals surface area (Å²) in [4.78, 5) is 21.6. The molecular weight excluding hydrogens is 483 g/mol. The molecule has 3 heterocycles. The van der Waals surface area contributed by atoms with Crippen LogP contribution in [0.15, 0.2) is 67.0 Å². The Kier molecular flexibility index (Phi) is 6.22. The number of hydrogen-bond acceptors (Lipinski definition) is 6. The summed E-state index contributed by atoms with van der Waals surface area (Å²) in [5, 5.41) is 11.2. The number of nitrogens with zero attached hydrogens (tertiary/aromatic N) is 3. The van der Waals surface area contributed by atoms with Gasteiger partial charge in [0.2, 0.25) is 0 Å². The SMILES string of the molecule is COc1ccc(F)cc1C(=O)NCc1ccc(-c2ncc(-c3ccc(Cl)cn3)c3[nH]nc(N)c23)cc1. The quantitative estimate of drug-likeness (QED) is 0.300. The molecule has 5 rings (SSSR count). The Bertz CT molecular complexity index is 1570. The van der Waals surface area contributed by atoms with Crippen LogP contribution in [0.5, 0.6) is 5.75 Å². The van der Waals surface area contributed by atoms with Crippen molar-refractivity contribution in [3.63, 3.8) is 0 Å². The first-order valence-electron chi connectivity index (χ1n) is 10.9. The third-order valence-corrected chi connectivity index (χ3v) is 5.94. The van der Waals surface area contributed by atoms with E-state index in [2.05, 4.69) is 25.5 Å². The Morgan fingerprint density at radius 3 is 2.64 bits per heavy atom. The van der Waals surface area contributed by atoms with Crippen LogP contribution in [0, 0.1) is 5.82 Å². The van der Waals surface area contributed by atoms with Gasteiger partial charge in [-0.3, -0.25) is 19.9 Å². The minimum absolute atomic E-state index is 0.131. The van der Waals surface area contributed by atoms with Crippen molar-refractivity contribution in [2.45, 2.75) is 6.54 Å². The van der Waals surface area contributed by atoms with Crippen LogP contribution in [0.3, 0.4) is 0 Å². The van der Waals surface area contributed by atoms with Crippen molar-refractivity contribution in [1.29, 1.82) is 0 Å². The average Bonchev–Trinajstić information content (AvgIpc) is 3.29. The monoisotopic (exact) mass is 502 g/mol. The molecule has 5 aromatic rings. The maximum Gasteiger partial charge on any atom is 0.255 e. The molecule has 36 heavy (non-hydrogen) atoms. The van der Waals surface area contributed by atoms with E-state index in [-0.39, 0.29) is 12.1 Å². The molecule has 180 valence electrons. The molecule has 10 heteroatoms. The zero-order valence-corrected chi connectivity index (χ0v) is 19.8. The number of H-pyrrole nitrogens is 1. The summed E-state index contributed by atoms with van der Waals surface area (Å²) in [6, 6.07) is 14.9. The minimum Gasteiger partial charge on any atom is -0.496 e. The highest BCUT2D eigenvalue weighted by Crippen LogP contribution is 2.35. The van der Waals surface area contributed by atoms with Crippen molar-refractivity contribution in [3.05, 3.63) is 89.0 Å². The Morgan fingerprint density at radius 1 is 1.11 bits per heavy atom. The van der Waals surface area contributed by atoms with E-state index in [1.54, 1.807) is 24.5 Å². The molecule has 0 aliphatic heterocycles. The topological polar surface area (TPSA) is 119 Å². The minimum atomic E-state index is -0.513. The van der Waals surface area contributed by atoms with Gasteiger partial charge in [0.25, 0.3) is 5.91 Å². The van der Waals surface area contributed by atoms with Gasteiger partial charge in [0.15, 0.2) is 5.82 Å². The summed E-state index contributed by atoms with van der Waals surface area (Å²) in [6.45, 7) is 0.247. The summed E-state index contributed by atoms with van der Waals surface area (Å²) in [5.41, 5.74) is 10.8. The zero-order chi connectivity index (χ0) is 25.2. The summed E-state index contributed by atoms with van der Waals surface area (Å²) in [6.07, 6.45) is 3.28. The first-order chi connectivity index (χ1) is 17.4. The van der Waals surface area contributed by atoms with Crippen LogP contribution in [0.1, 0.15) is 15.9 Å². The number of nitrogens with two attached hydrogens (primary N) is 1. The second-order valence-electron chi connectivity index (χ2n) is 7.97. The number of ether oxygens (including phenoxy) is 1. The first-order valence-corrected chi connectivity index (χ1v) is 11.3. The number of anilines is 1. The Hall–Kier alpha value is -4.50. The fraction of sp³-hybridized carbons (Fsp3) is 0.0769. The fourth-order valence-electron chi connectivity index (χ4n) is 3.91. The molecule has 3 aromatic heterocycles. The van der Waals surface area contributed by atoms with E-state index in [4.69, 9.17) is 22.1 Å². The maximum atomic E-state index is 13.6. The molecule has 0 fully saturated rings. The molecular formula is C26H20ClFN6O2. The number of hydrogen-bond donors (Lipinski definition) is 3. The number of methoxy groups -OCH3 is 1. The molecule has 0 radical (unpaired) electrons. The molecule has 0 saturated heterocycles. The van der Waals surface area contributed by atoms with Gasteiger partial charge in [-0.15, -0.1) is 0 Å². The molecule has 1 amide bonds. The van der Waals surface area contributed by atoms with Gasteiger partial charge < -0.3 is 15.8 Å². The maximum absolute atomic E-state index is 13.6.